The number of carboxylic acid groups (broad SMARTS) is 1. The molecule has 0 unspecified atom stereocenters. The first-order valence-corrected chi connectivity index (χ1v) is 15.7. The third-order valence-electron chi connectivity index (χ3n) is 6.56. The summed E-state index contributed by atoms with van der Waals surface area (Å²) in [5, 5.41) is 10.5. The van der Waals surface area contributed by atoms with Crippen LogP contribution in [0.3, 0.4) is 0 Å². The molecule has 0 radical (unpaired) electrons. The molecule has 0 aliphatic heterocycles. The van der Waals surface area contributed by atoms with E-state index >= 15 is 0 Å². The third-order valence-corrected chi connectivity index (χ3v) is 10.1. The first-order chi connectivity index (χ1) is 20.1. The Morgan fingerprint density at radius 2 is 1.74 bits per heavy atom. The number of rotatable bonds is 10. The number of aromatic carboxylic acids is 1. The molecule has 5 rings (SSSR count). The molecule has 0 aliphatic rings. The van der Waals surface area contributed by atoms with E-state index in [1.165, 1.54) is 33.7 Å². The van der Waals surface area contributed by atoms with Gasteiger partial charge in [-0.05, 0) is 84.6 Å². The standard InChI is InChI=1S/C30H24Cl2N2O6S2/c1-2-34(42(38,39)23-10-12-27-19(15-23)16-28(41-27)30(36)37)26-11-9-21(31)14-20(26)17-33(18-22-6-5-13-40-22)29(35)24-7-3-4-8-25(24)32/h3-16H,2,17-18H2,1H3,(H,36,37). The summed E-state index contributed by atoms with van der Waals surface area (Å²) in [6.45, 7) is 1.88. The van der Waals surface area contributed by atoms with Crippen LogP contribution in [0, 0.1) is 0 Å². The average molecular weight is 644 g/mol. The zero-order valence-electron chi connectivity index (χ0n) is 22.2. The summed E-state index contributed by atoms with van der Waals surface area (Å²) in [6, 6.07) is 21.0. The summed E-state index contributed by atoms with van der Waals surface area (Å²) >= 11 is 13.8. The van der Waals surface area contributed by atoms with Crippen molar-refractivity contribution in [2.45, 2.75) is 24.9 Å². The van der Waals surface area contributed by atoms with E-state index in [2.05, 4.69) is 0 Å². The molecule has 8 nitrogen and oxygen atoms in total. The van der Waals surface area contributed by atoms with Crippen molar-refractivity contribution in [3.63, 3.8) is 0 Å². The molecule has 0 spiro atoms. The monoisotopic (exact) mass is 642 g/mol. The van der Waals surface area contributed by atoms with Crippen LogP contribution in [-0.2, 0) is 23.1 Å². The minimum absolute atomic E-state index is 0.00178. The molecule has 0 saturated heterocycles. The Morgan fingerprint density at radius 1 is 0.952 bits per heavy atom. The number of benzene rings is 3. The summed E-state index contributed by atoms with van der Waals surface area (Å²) in [4.78, 5) is 26.8. The Morgan fingerprint density at radius 3 is 2.43 bits per heavy atom. The van der Waals surface area contributed by atoms with Gasteiger partial charge in [-0.25, -0.2) is 13.2 Å². The van der Waals surface area contributed by atoms with Crippen LogP contribution in [0.15, 0.2) is 94.4 Å². The minimum atomic E-state index is -4.10. The van der Waals surface area contributed by atoms with Crippen LogP contribution in [0.25, 0.3) is 10.1 Å². The number of sulfonamides is 1. The predicted molar refractivity (Wildman–Crippen MR) is 164 cm³/mol. The van der Waals surface area contributed by atoms with Crippen molar-refractivity contribution in [1.29, 1.82) is 0 Å². The highest BCUT2D eigenvalue weighted by molar-refractivity contribution is 7.92. The number of hydrogen-bond acceptors (Lipinski definition) is 6. The Kier molecular flexibility index (Phi) is 8.60. The van der Waals surface area contributed by atoms with Crippen molar-refractivity contribution in [3.8, 4) is 0 Å². The van der Waals surface area contributed by atoms with Crippen molar-refractivity contribution in [3.05, 3.63) is 117 Å². The van der Waals surface area contributed by atoms with Gasteiger partial charge in [0, 0.05) is 22.8 Å². The fourth-order valence-electron chi connectivity index (χ4n) is 4.61. The number of fused-ring (bicyclic) bond motifs is 1. The number of nitrogens with zero attached hydrogens (tertiary/aromatic N) is 2. The molecule has 0 atom stereocenters. The van der Waals surface area contributed by atoms with E-state index in [1.807, 2.05) is 0 Å². The van der Waals surface area contributed by atoms with Gasteiger partial charge in [-0.15, -0.1) is 11.3 Å². The molecule has 2 heterocycles. The molecule has 0 fully saturated rings. The molecule has 216 valence electrons. The van der Waals surface area contributed by atoms with Crippen LogP contribution < -0.4 is 4.31 Å². The Bertz CT molecular complexity index is 1890. The lowest BCUT2D eigenvalue weighted by atomic mass is 10.1. The Balaban J connectivity index is 1.55. The number of carbonyl (C=O) groups is 2. The van der Waals surface area contributed by atoms with Gasteiger partial charge in [0.2, 0.25) is 0 Å². The number of halogens is 2. The molecule has 42 heavy (non-hydrogen) atoms. The molecule has 12 heteroatoms. The number of hydrogen-bond donors (Lipinski definition) is 1. The van der Waals surface area contributed by atoms with Gasteiger partial charge in [-0.1, -0.05) is 35.3 Å². The summed E-state index contributed by atoms with van der Waals surface area (Å²) in [5.41, 5.74) is 1.12. The summed E-state index contributed by atoms with van der Waals surface area (Å²) < 4.78 is 35.4. The minimum Gasteiger partial charge on any atom is -0.477 e. The topological polar surface area (TPSA) is 108 Å². The van der Waals surface area contributed by atoms with Gasteiger partial charge in [0.25, 0.3) is 15.9 Å². The van der Waals surface area contributed by atoms with Crippen molar-refractivity contribution < 1.29 is 27.5 Å². The highest BCUT2D eigenvalue weighted by Crippen LogP contribution is 2.34. The van der Waals surface area contributed by atoms with Crippen LogP contribution in [0.5, 0.6) is 0 Å². The molecule has 3 aromatic carbocycles. The molecular formula is C30H24Cl2N2O6S2. The van der Waals surface area contributed by atoms with E-state index in [9.17, 15) is 23.1 Å². The van der Waals surface area contributed by atoms with Crippen LogP contribution in [0.2, 0.25) is 10.0 Å². The molecule has 5 aromatic rings. The van der Waals surface area contributed by atoms with Gasteiger partial charge in [-0.3, -0.25) is 9.10 Å². The largest absolute Gasteiger partial charge is 0.477 e. The lowest BCUT2D eigenvalue weighted by Gasteiger charge is -2.28. The maximum Gasteiger partial charge on any atom is 0.345 e. The Labute approximate surface area is 256 Å². The van der Waals surface area contributed by atoms with Gasteiger partial charge >= 0.3 is 5.97 Å². The van der Waals surface area contributed by atoms with Crippen molar-refractivity contribution >= 4 is 72.2 Å². The van der Waals surface area contributed by atoms with Crippen LogP contribution in [0.1, 0.15) is 38.3 Å². The highest BCUT2D eigenvalue weighted by Gasteiger charge is 2.28. The highest BCUT2D eigenvalue weighted by atomic mass is 35.5. The molecule has 0 aliphatic carbocycles. The molecule has 2 aromatic heterocycles. The molecule has 0 saturated carbocycles. The van der Waals surface area contributed by atoms with Crippen molar-refractivity contribution in [2.24, 2.45) is 0 Å². The fraction of sp³-hybridized carbons (Fsp3) is 0.133. The third kappa shape index (κ3) is 6.03. The first-order valence-electron chi connectivity index (χ1n) is 12.7. The Hall–Kier alpha value is -3.83. The van der Waals surface area contributed by atoms with Gasteiger partial charge in [0.15, 0.2) is 0 Å². The lowest BCUT2D eigenvalue weighted by molar-refractivity contribution is 0.0698. The number of furan rings is 1. The number of anilines is 1. The van der Waals surface area contributed by atoms with E-state index < -0.39 is 16.0 Å². The number of carbonyl (C=O) groups excluding carboxylic acids is 1. The second-order valence-electron chi connectivity index (χ2n) is 9.28. The van der Waals surface area contributed by atoms with Gasteiger partial charge in [-0.2, -0.15) is 0 Å². The van der Waals surface area contributed by atoms with Crippen molar-refractivity contribution in [2.75, 3.05) is 10.8 Å². The first kappa shape index (κ1) is 29.7. The second kappa shape index (κ2) is 12.2. The quantitative estimate of drug-likeness (QED) is 0.168. The maximum absolute atomic E-state index is 14.0. The molecule has 1 N–H and O–H groups in total. The average Bonchev–Trinajstić information content (AvgIpc) is 3.64. The molecule has 1 amide bonds. The number of carboxylic acids is 1. The summed E-state index contributed by atoms with van der Waals surface area (Å²) in [6.07, 6.45) is 1.51. The van der Waals surface area contributed by atoms with E-state index in [1.54, 1.807) is 67.6 Å². The normalized spacial score (nSPS) is 11.5. The van der Waals surface area contributed by atoms with Crippen LogP contribution >= 0.6 is 34.5 Å². The molecular weight excluding hydrogens is 619 g/mol. The van der Waals surface area contributed by atoms with E-state index in [0.717, 1.165) is 11.3 Å². The maximum atomic E-state index is 14.0. The number of amides is 1. The van der Waals surface area contributed by atoms with E-state index in [0.29, 0.717) is 37.7 Å². The van der Waals surface area contributed by atoms with E-state index in [-0.39, 0.29) is 40.3 Å². The van der Waals surface area contributed by atoms with Gasteiger partial charge in [0.1, 0.15) is 10.6 Å². The van der Waals surface area contributed by atoms with Crippen molar-refractivity contribution in [1.82, 2.24) is 4.90 Å². The van der Waals surface area contributed by atoms with Crippen LogP contribution in [0.4, 0.5) is 5.69 Å². The zero-order chi connectivity index (χ0) is 30.0. The number of thiophene rings is 1. The van der Waals surface area contributed by atoms with Gasteiger partial charge in [0.05, 0.1) is 34.0 Å². The molecule has 0 bridgehead atoms. The SMILES string of the molecule is CCN(c1ccc(Cl)cc1CN(Cc1ccco1)C(=O)c1ccccc1Cl)S(=O)(=O)c1ccc2sc(C(=O)O)cc2c1. The summed E-state index contributed by atoms with van der Waals surface area (Å²) in [5.74, 6) is -0.915. The van der Waals surface area contributed by atoms with Crippen LogP contribution in [-0.4, -0.2) is 36.8 Å². The summed E-state index contributed by atoms with van der Waals surface area (Å²) in [7, 11) is -4.10. The zero-order valence-corrected chi connectivity index (χ0v) is 25.3. The second-order valence-corrected chi connectivity index (χ2v) is 13.1. The van der Waals surface area contributed by atoms with E-state index in [4.69, 9.17) is 27.6 Å². The fourth-order valence-corrected chi connectivity index (χ4v) is 7.45. The predicted octanol–water partition coefficient (Wildman–Crippen LogP) is 7.56. The van der Waals surface area contributed by atoms with Gasteiger partial charge < -0.3 is 14.4 Å². The smallest absolute Gasteiger partial charge is 0.345 e. The lowest BCUT2D eigenvalue weighted by Crippen LogP contribution is -2.34.